The topological polar surface area (TPSA) is 79.3 Å². The van der Waals surface area contributed by atoms with E-state index in [4.69, 9.17) is 11.6 Å². The Morgan fingerprint density at radius 1 is 1.20 bits per heavy atom. The first-order chi connectivity index (χ1) is 9.46. The van der Waals surface area contributed by atoms with Crippen molar-refractivity contribution in [2.75, 3.05) is 10.5 Å². The van der Waals surface area contributed by atoms with Crippen LogP contribution >= 0.6 is 11.6 Å². The Labute approximate surface area is 122 Å². The summed E-state index contributed by atoms with van der Waals surface area (Å²) < 4.78 is 26.3. The van der Waals surface area contributed by atoms with Gasteiger partial charge in [0.1, 0.15) is 5.75 Å². The maximum absolute atomic E-state index is 11.9. The molecule has 106 valence electrons. The van der Waals surface area contributed by atoms with E-state index in [9.17, 15) is 13.5 Å². The summed E-state index contributed by atoms with van der Waals surface area (Å²) in [6.07, 6.45) is 3.62. The van der Waals surface area contributed by atoms with Gasteiger partial charge in [0.25, 0.3) is 0 Å². The monoisotopic (exact) mass is 312 g/mol. The maximum atomic E-state index is 11.9. The molecule has 5 nitrogen and oxygen atoms in total. The van der Waals surface area contributed by atoms with Crippen LogP contribution in [0.3, 0.4) is 0 Å². The van der Waals surface area contributed by atoms with Crippen LogP contribution in [0, 0.1) is 0 Å². The van der Waals surface area contributed by atoms with Gasteiger partial charge in [0.15, 0.2) is 0 Å². The molecule has 2 N–H and O–H groups in total. The third kappa shape index (κ3) is 4.11. The number of benzene rings is 1. The van der Waals surface area contributed by atoms with E-state index in [1.54, 1.807) is 24.5 Å². The number of phenols is 1. The van der Waals surface area contributed by atoms with E-state index in [1.165, 1.54) is 18.2 Å². The number of nitrogens with one attached hydrogen (secondary N) is 1. The van der Waals surface area contributed by atoms with Gasteiger partial charge in [-0.25, -0.2) is 8.42 Å². The molecule has 0 saturated carbocycles. The predicted octanol–water partition coefficient (Wildman–Crippen LogP) is 2.42. The van der Waals surface area contributed by atoms with Crippen LogP contribution in [0.1, 0.15) is 5.56 Å². The van der Waals surface area contributed by atoms with Crippen molar-refractivity contribution < 1.29 is 13.5 Å². The second-order valence-electron chi connectivity index (χ2n) is 4.19. The molecular weight excluding hydrogens is 300 g/mol. The van der Waals surface area contributed by atoms with E-state index in [-0.39, 0.29) is 22.2 Å². The fourth-order valence-corrected chi connectivity index (χ4v) is 2.82. The predicted molar refractivity (Wildman–Crippen MR) is 78.5 cm³/mol. The summed E-state index contributed by atoms with van der Waals surface area (Å²) >= 11 is 5.66. The van der Waals surface area contributed by atoms with Crippen molar-refractivity contribution in [3.05, 3.63) is 53.3 Å². The van der Waals surface area contributed by atoms with Gasteiger partial charge < -0.3 is 5.11 Å². The van der Waals surface area contributed by atoms with Gasteiger partial charge in [-0.3, -0.25) is 9.71 Å². The summed E-state index contributed by atoms with van der Waals surface area (Å²) in [5.41, 5.74) is 1.17. The van der Waals surface area contributed by atoms with Gasteiger partial charge in [0.05, 0.1) is 16.5 Å². The van der Waals surface area contributed by atoms with Gasteiger partial charge in [-0.1, -0.05) is 11.6 Å². The third-order valence-electron chi connectivity index (χ3n) is 2.63. The molecule has 0 bridgehead atoms. The Morgan fingerprint density at radius 2 is 1.90 bits per heavy atom. The van der Waals surface area contributed by atoms with Gasteiger partial charge in [-0.05, 0) is 36.2 Å². The molecule has 0 radical (unpaired) electrons. The molecule has 0 saturated heterocycles. The van der Waals surface area contributed by atoms with E-state index >= 15 is 0 Å². The van der Waals surface area contributed by atoms with Crippen LogP contribution in [-0.4, -0.2) is 24.3 Å². The van der Waals surface area contributed by atoms with Crippen molar-refractivity contribution >= 4 is 27.3 Å². The lowest BCUT2D eigenvalue weighted by molar-refractivity contribution is 0.476. The zero-order valence-electron chi connectivity index (χ0n) is 10.5. The van der Waals surface area contributed by atoms with Crippen LogP contribution in [0.25, 0.3) is 0 Å². The lowest BCUT2D eigenvalue weighted by Gasteiger charge is -2.08. The molecule has 2 aromatic rings. The van der Waals surface area contributed by atoms with Crippen molar-refractivity contribution in [2.45, 2.75) is 6.42 Å². The van der Waals surface area contributed by atoms with Crippen molar-refractivity contribution in [1.29, 1.82) is 0 Å². The molecule has 20 heavy (non-hydrogen) atoms. The first kappa shape index (κ1) is 14.6. The molecule has 0 aliphatic rings. The van der Waals surface area contributed by atoms with Gasteiger partial charge in [-0.15, -0.1) is 0 Å². The summed E-state index contributed by atoms with van der Waals surface area (Å²) in [7, 11) is -3.49. The number of nitrogens with zero attached hydrogens (tertiary/aromatic N) is 1. The Morgan fingerprint density at radius 3 is 2.55 bits per heavy atom. The summed E-state index contributed by atoms with van der Waals surface area (Å²) in [5, 5.41) is 9.60. The van der Waals surface area contributed by atoms with Crippen LogP contribution in [0.15, 0.2) is 42.7 Å². The summed E-state index contributed by atoms with van der Waals surface area (Å²) in [6.45, 7) is 0. The van der Waals surface area contributed by atoms with E-state index in [0.29, 0.717) is 6.42 Å². The highest BCUT2D eigenvalue weighted by Gasteiger charge is 2.11. The summed E-state index contributed by atoms with van der Waals surface area (Å²) in [6, 6.07) is 7.73. The standard InChI is InChI=1S/C13H13ClN2O3S/c14-12-2-1-11(9-13(12)17)16-20(18,19)8-5-10-3-6-15-7-4-10/h1-4,6-7,9,16-17H,5,8H2. The molecule has 0 amide bonds. The molecule has 0 spiro atoms. The lowest BCUT2D eigenvalue weighted by Crippen LogP contribution is -2.18. The number of aryl methyl sites for hydroxylation is 1. The minimum Gasteiger partial charge on any atom is -0.506 e. The maximum Gasteiger partial charge on any atom is 0.233 e. The van der Waals surface area contributed by atoms with E-state index in [2.05, 4.69) is 9.71 Å². The van der Waals surface area contributed by atoms with Crippen LogP contribution in [0.5, 0.6) is 5.75 Å². The second-order valence-corrected chi connectivity index (χ2v) is 6.44. The van der Waals surface area contributed by atoms with Crippen LogP contribution in [0.2, 0.25) is 5.02 Å². The minimum atomic E-state index is -3.49. The van der Waals surface area contributed by atoms with Crippen LogP contribution in [-0.2, 0) is 16.4 Å². The zero-order chi connectivity index (χ0) is 14.6. The van der Waals surface area contributed by atoms with Crippen LogP contribution in [0.4, 0.5) is 5.69 Å². The van der Waals surface area contributed by atoms with Gasteiger partial charge in [-0.2, -0.15) is 0 Å². The first-order valence-corrected chi connectivity index (χ1v) is 7.87. The summed E-state index contributed by atoms with van der Waals surface area (Å²) in [5.74, 6) is -0.221. The summed E-state index contributed by atoms with van der Waals surface area (Å²) in [4.78, 5) is 3.87. The molecule has 7 heteroatoms. The average Bonchev–Trinajstić information content (AvgIpc) is 2.42. The van der Waals surface area contributed by atoms with E-state index in [1.807, 2.05) is 0 Å². The number of phenolic OH excluding ortho intramolecular Hbond substituents is 1. The highest BCUT2D eigenvalue weighted by molar-refractivity contribution is 7.92. The Kier molecular flexibility index (Phi) is 4.46. The SMILES string of the molecule is O=S(=O)(CCc1ccncc1)Nc1ccc(Cl)c(O)c1. The zero-order valence-corrected chi connectivity index (χ0v) is 12.0. The molecule has 2 rings (SSSR count). The normalized spacial score (nSPS) is 11.2. The fourth-order valence-electron chi connectivity index (χ4n) is 1.61. The third-order valence-corrected chi connectivity index (χ3v) is 4.24. The number of pyridine rings is 1. The van der Waals surface area contributed by atoms with Crippen molar-refractivity contribution in [2.24, 2.45) is 0 Å². The molecule has 0 fully saturated rings. The van der Waals surface area contributed by atoms with Crippen molar-refractivity contribution in [1.82, 2.24) is 4.98 Å². The number of hydrogen-bond acceptors (Lipinski definition) is 4. The molecular formula is C13H13ClN2O3S. The molecule has 1 aromatic heterocycles. The number of hydrogen-bond donors (Lipinski definition) is 2. The van der Waals surface area contributed by atoms with Crippen LogP contribution < -0.4 is 4.72 Å². The molecule has 0 aliphatic carbocycles. The largest absolute Gasteiger partial charge is 0.506 e. The number of halogens is 1. The van der Waals surface area contributed by atoms with Gasteiger partial charge in [0.2, 0.25) is 10.0 Å². The quantitative estimate of drug-likeness (QED) is 0.888. The molecule has 0 aliphatic heterocycles. The molecule has 1 aromatic carbocycles. The number of sulfonamides is 1. The fraction of sp³-hybridized carbons (Fsp3) is 0.154. The van der Waals surface area contributed by atoms with Crippen molar-refractivity contribution in [3.63, 3.8) is 0 Å². The number of aromatic hydroxyl groups is 1. The Hall–Kier alpha value is -1.79. The van der Waals surface area contributed by atoms with E-state index in [0.717, 1.165) is 5.56 Å². The van der Waals surface area contributed by atoms with Gasteiger partial charge >= 0.3 is 0 Å². The second kappa shape index (κ2) is 6.11. The highest BCUT2D eigenvalue weighted by atomic mass is 35.5. The van der Waals surface area contributed by atoms with Gasteiger partial charge in [0, 0.05) is 18.5 Å². The number of aromatic nitrogens is 1. The Bertz CT molecular complexity index is 690. The van der Waals surface area contributed by atoms with Crippen molar-refractivity contribution in [3.8, 4) is 5.75 Å². The minimum absolute atomic E-state index is 0.0552. The molecule has 0 unspecified atom stereocenters. The number of anilines is 1. The van der Waals surface area contributed by atoms with E-state index < -0.39 is 10.0 Å². The lowest BCUT2D eigenvalue weighted by atomic mass is 10.2. The highest BCUT2D eigenvalue weighted by Crippen LogP contribution is 2.26. The Balaban J connectivity index is 2.02. The first-order valence-electron chi connectivity index (χ1n) is 5.84. The molecule has 0 atom stereocenters. The smallest absolute Gasteiger partial charge is 0.233 e. The number of rotatable bonds is 5. The average molecular weight is 313 g/mol. The molecule has 1 heterocycles.